The van der Waals surface area contributed by atoms with Gasteiger partial charge in [0.05, 0.1) is 18.2 Å². The van der Waals surface area contributed by atoms with Crippen molar-refractivity contribution in [2.45, 2.75) is 61.8 Å². The third-order valence-electron chi connectivity index (χ3n) is 4.97. The lowest BCUT2D eigenvalue weighted by Gasteiger charge is -2.17. The molecule has 1 saturated heterocycles. The highest BCUT2D eigenvalue weighted by atomic mass is 32.2. The standard InChI is InChI=1S/C22H31N3OS.3C2H6.C2H2/c1-4-22(9-6-12-27-24-3)26-17-21-16-25(15-18(21)2)11-10-19-7-5-8-20(13-19)14-23;4*1-2/h4-9,13,18,21,24H,10-12,15-17H2,1-3H3;3*1-2H3;1-2H/b9-6-,22-4+;;;;/t18?,21-;;;;/m0..../s1. The molecule has 0 aliphatic carbocycles. The van der Waals surface area contributed by atoms with Crippen LogP contribution in [-0.2, 0) is 11.2 Å². The summed E-state index contributed by atoms with van der Waals surface area (Å²) >= 11 is 1.67. The van der Waals surface area contributed by atoms with Gasteiger partial charge >= 0.3 is 0 Å². The summed E-state index contributed by atoms with van der Waals surface area (Å²) in [5, 5.41) is 9.03. The molecule has 1 heterocycles. The van der Waals surface area contributed by atoms with Gasteiger partial charge in [0.15, 0.2) is 0 Å². The molecule has 1 aliphatic rings. The molecule has 0 saturated carbocycles. The van der Waals surface area contributed by atoms with Crippen molar-refractivity contribution < 1.29 is 4.74 Å². The molecule has 0 aromatic heterocycles. The van der Waals surface area contributed by atoms with Gasteiger partial charge < -0.3 is 9.64 Å². The first kappa shape index (κ1) is 37.4. The largest absolute Gasteiger partial charge is 0.494 e. The number of nitrogens with zero attached hydrogens (tertiary/aromatic N) is 2. The van der Waals surface area contributed by atoms with E-state index < -0.39 is 0 Å². The molecule has 1 N–H and O–H groups in total. The van der Waals surface area contributed by atoms with Gasteiger partial charge in [-0.15, -0.1) is 12.8 Å². The Bertz CT molecular complexity index is 722. The maximum absolute atomic E-state index is 9.03. The molecule has 1 fully saturated rings. The number of rotatable bonds is 10. The van der Waals surface area contributed by atoms with Crippen molar-refractivity contribution in [2.24, 2.45) is 11.8 Å². The van der Waals surface area contributed by atoms with Crippen LogP contribution in [0.1, 0.15) is 66.5 Å². The van der Waals surface area contributed by atoms with Crippen molar-refractivity contribution in [3.63, 3.8) is 0 Å². The summed E-state index contributed by atoms with van der Waals surface area (Å²) < 4.78 is 9.11. The Labute approximate surface area is 222 Å². The van der Waals surface area contributed by atoms with E-state index in [0.29, 0.717) is 11.8 Å². The van der Waals surface area contributed by atoms with Crippen LogP contribution in [0.5, 0.6) is 0 Å². The lowest BCUT2D eigenvalue weighted by Crippen LogP contribution is -2.24. The minimum Gasteiger partial charge on any atom is -0.494 e. The highest BCUT2D eigenvalue weighted by Crippen LogP contribution is 2.24. The van der Waals surface area contributed by atoms with Gasteiger partial charge in [-0.1, -0.05) is 78.6 Å². The van der Waals surface area contributed by atoms with Gasteiger partial charge in [-0.3, -0.25) is 4.72 Å². The van der Waals surface area contributed by atoms with Crippen LogP contribution >= 0.6 is 11.9 Å². The molecular formula is C30H51N3OS. The molecule has 0 spiro atoms. The molecular weight excluding hydrogens is 450 g/mol. The van der Waals surface area contributed by atoms with Crippen LogP contribution in [-0.4, -0.2) is 43.9 Å². The summed E-state index contributed by atoms with van der Waals surface area (Å²) in [4.78, 5) is 2.52. The van der Waals surface area contributed by atoms with Crippen molar-refractivity contribution >= 4 is 11.9 Å². The van der Waals surface area contributed by atoms with Gasteiger partial charge in [0.25, 0.3) is 0 Å². The van der Waals surface area contributed by atoms with Crippen molar-refractivity contribution in [3.8, 4) is 18.9 Å². The second kappa shape index (κ2) is 28.1. The van der Waals surface area contributed by atoms with E-state index in [1.54, 1.807) is 11.9 Å². The van der Waals surface area contributed by atoms with E-state index in [1.165, 1.54) is 5.56 Å². The fourth-order valence-electron chi connectivity index (χ4n) is 3.35. The SMILES string of the molecule is C#C.C/C=C(\C=C/CSNC)OC[C@@H]1CN(CCc2cccc(C#N)c2)CC1C.CC.CC.CC. The van der Waals surface area contributed by atoms with Crippen LogP contribution in [0.3, 0.4) is 0 Å². The molecule has 1 unspecified atom stereocenters. The summed E-state index contributed by atoms with van der Waals surface area (Å²) in [6.45, 7) is 20.3. The monoisotopic (exact) mass is 501 g/mol. The fraction of sp³-hybridized carbons (Fsp3) is 0.567. The Morgan fingerprint density at radius 3 is 2.43 bits per heavy atom. The number of hydrogen-bond acceptors (Lipinski definition) is 5. The fourth-order valence-corrected chi connectivity index (χ4v) is 3.71. The second-order valence-electron chi connectivity index (χ2n) is 6.98. The topological polar surface area (TPSA) is 48.3 Å². The molecule has 1 aliphatic heterocycles. The first-order valence-corrected chi connectivity index (χ1v) is 13.9. The van der Waals surface area contributed by atoms with Crippen molar-refractivity contribution in [3.05, 3.63) is 59.4 Å². The van der Waals surface area contributed by atoms with E-state index in [2.05, 4.69) is 53.7 Å². The third-order valence-corrected chi connectivity index (χ3v) is 5.62. The number of benzene rings is 1. The molecule has 0 bridgehead atoms. The Hall–Kier alpha value is -2.18. The van der Waals surface area contributed by atoms with Crippen molar-refractivity contribution in [1.82, 2.24) is 9.62 Å². The molecule has 5 heteroatoms. The van der Waals surface area contributed by atoms with E-state index in [-0.39, 0.29) is 0 Å². The average Bonchev–Trinajstić information content (AvgIpc) is 3.30. The Balaban J connectivity index is -0.00000116. The normalized spacial score (nSPS) is 16.7. The van der Waals surface area contributed by atoms with Crippen LogP contribution in [0.15, 0.2) is 48.3 Å². The second-order valence-corrected chi connectivity index (χ2v) is 8.01. The number of ether oxygens (including phenoxy) is 1. The maximum Gasteiger partial charge on any atom is 0.114 e. The van der Waals surface area contributed by atoms with Gasteiger partial charge in [0.2, 0.25) is 0 Å². The number of terminal acetylenes is 1. The smallest absolute Gasteiger partial charge is 0.114 e. The molecule has 0 amide bonds. The minimum atomic E-state index is 0.561. The first-order valence-electron chi connectivity index (χ1n) is 12.9. The molecule has 35 heavy (non-hydrogen) atoms. The Kier molecular flexibility index (Phi) is 30.0. The van der Waals surface area contributed by atoms with Crippen molar-refractivity contribution in [1.29, 1.82) is 5.26 Å². The summed E-state index contributed by atoms with van der Waals surface area (Å²) in [6.07, 6.45) is 15.2. The van der Waals surface area contributed by atoms with E-state index in [0.717, 1.165) is 49.7 Å². The van der Waals surface area contributed by atoms with Crippen LogP contribution in [0.25, 0.3) is 0 Å². The summed E-state index contributed by atoms with van der Waals surface area (Å²) in [5.41, 5.74) is 1.98. The van der Waals surface area contributed by atoms with Crippen LogP contribution < -0.4 is 4.72 Å². The van der Waals surface area contributed by atoms with E-state index in [9.17, 15) is 0 Å². The molecule has 4 nitrogen and oxygen atoms in total. The molecule has 1 aromatic carbocycles. The lowest BCUT2D eigenvalue weighted by molar-refractivity contribution is 0.160. The van der Waals surface area contributed by atoms with Crippen LogP contribution in [0.2, 0.25) is 0 Å². The molecule has 2 rings (SSSR count). The molecule has 2 atom stereocenters. The highest BCUT2D eigenvalue weighted by molar-refractivity contribution is 7.97. The maximum atomic E-state index is 9.03. The van der Waals surface area contributed by atoms with E-state index in [1.807, 2.05) is 79.8 Å². The van der Waals surface area contributed by atoms with Gasteiger partial charge in [0.1, 0.15) is 5.76 Å². The zero-order valence-corrected chi connectivity index (χ0v) is 24.6. The van der Waals surface area contributed by atoms with E-state index >= 15 is 0 Å². The first-order chi connectivity index (χ1) is 17.2. The third kappa shape index (κ3) is 17.8. The van der Waals surface area contributed by atoms with E-state index in [4.69, 9.17) is 10.00 Å². The summed E-state index contributed by atoms with van der Waals surface area (Å²) in [5.74, 6) is 3.08. The molecule has 1 aromatic rings. The zero-order chi connectivity index (χ0) is 27.5. The number of hydrogen-bond donors (Lipinski definition) is 1. The number of likely N-dealkylation sites (tertiary alicyclic amines) is 1. The molecule has 0 radical (unpaired) electrons. The van der Waals surface area contributed by atoms with Crippen molar-refractivity contribution in [2.75, 3.05) is 39.0 Å². The Morgan fingerprint density at radius 2 is 1.86 bits per heavy atom. The quantitative estimate of drug-likeness (QED) is 0.119. The van der Waals surface area contributed by atoms with Gasteiger partial charge in [-0.25, -0.2) is 0 Å². The Morgan fingerprint density at radius 1 is 1.20 bits per heavy atom. The predicted molar refractivity (Wildman–Crippen MR) is 158 cm³/mol. The van der Waals surface area contributed by atoms with Crippen LogP contribution in [0.4, 0.5) is 0 Å². The predicted octanol–water partition coefficient (Wildman–Crippen LogP) is 7.34. The average molecular weight is 502 g/mol. The number of nitrogens with one attached hydrogen (secondary N) is 1. The minimum absolute atomic E-state index is 0.561. The number of allylic oxidation sites excluding steroid dienone is 2. The summed E-state index contributed by atoms with van der Waals surface area (Å²) in [6, 6.07) is 10.2. The van der Waals surface area contributed by atoms with Crippen LogP contribution in [0, 0.1) is 36.0 Å². The summed E-state index contributed by atoms with van der Waals surface area (Å²) in [7, 11) is 1.93. The lowest BCUT2D eigenvalue weighted by atomic mass is 9.99. The van der Waals surface area contributed by atoms with Gasteiger partial charge in [-0.2, -0.15) is 5.26 Å². The molecule has 198 valence electrons. The zero-order valence-electron chi connectivity index (χ0n) is 23.8. The van der Waals surface area contributed by atoms with Gasteiger partial charge in [-0.05, 0) is 56.2 Å². The highest BCUT2D eigenvalue weighted by Gasteiger charge is 2.29. The number of nitriles is 1. The van der Waals surface area contributed by atoms with Gasteiger partial charge in [0, 0.05) is 31.3 Å².